The number of carbonyl (C=O) groups is 1. The van der Waals surface area contributed by atoms with Gasteiger partial charge in [-0.2, -0.15) is 0 Å². The molecule has 0 saturated carbocycles. The molecule has 150 valence electrons. The van der Waals surface area contributed by atoms with E-state index in [1.54, 1.807) is 11.3 Å². The van der Waals surface area contributed by atoms with Gasteiger partial charge in [0.2, 0.25) is 5.91 Å². The lowest BCUT2D eigenvalue weighted by molar-refractivity contribution is -0.130. The van der Waals surface area contributed by atoms with Crippen LogP contribution in [0.3, 0.4) is 0 Å². The Morgan fingerprint density at radius 1 is 1.07 bits per heavy atom. The van der Waals surface area contributed by atoms with Gasteiger partial charge >= 0.3 is 0 Å². The van der Waals surface area contributed by atoms with E-state index >= 15 is 0 Å². The Bertz CT molecular complexity index is 886. The third-order valence-electron chi connectivity index (χ3n) is 5.19. The quantitative estimate of drug-likeness (QED) is 0.447. The maximum atomic E-state index is 12.9. The number of nitrogens with zero attached hydrogens (tertiary/aromatic N) is 3. The van der Waals surface area contributed by atoms with Crippen molar-refractivity contribution < 1.29 is 4.79 Å². The number of carbonyl (C=O) groups excluding carboxylic acids is 1. The number of benzene rings is 1. The van der Waals surface area contributed by atoms with Crippen molar-refractivity contribution in [2.24, 2.45) is 0 Å². The second-order valence-corrected chi connectivity index (χ2v) is 8.16. The summed E-state index contributed by atoms with van der Waals surface area (Å²) in [6, 6.07) is 8.58. The van der Waals surface area contributed by atoms with E-state index in [9.17, 15) is 4.79 Å². The van der Waals surface area contributed by atoms with Crippen LogP contribution in [0.2, 0.25) is 0 Å². The fourth-order valence-electron chi connectivity index (χ4n) is 3.33. The molecular weight excluding hydrogens is 366 g/mol. The highest BCUT2D eigenvalue weighted by atomic mass is 32.1. The zero-order valence-electron chi connectivity index (χ0n) is 17.3. The average molecular weight is 398 g/mol. The van der Waals surface area contributed by atoms with Crippen LogP contribution in [0.25, 0.3) is 16.2 Å². The molecule has 2 aromatic heterocycles. The number of thiazole rings is 1. The molecule has 0 N–H and O–H groups in total. The molecule has 0 spiro atoms. The van der Waals surface area contributed by atoms with Gasteiger partial charge in [0, 0.05) is 35.9 Å². The smallest absolute Gasteiger partial charge is 0.228 e. The summed E-state index contributed by atoms with van der Waals surface area (Å²) in [5.41, 5.74) is 4.46. The van der Waals surface area contributed by atoms with Gasteiger partial charge in [-0.05, 0) is 24.8 Å². The fourth-order valence-corrected chi connectivity index (χ4v) is 4.21. The van der Waals surface area contributed by atoms with Gasteiger partial charge in [0.15, 0.2) is 4.96 Å². The van der Waals surface area contributed by atoms with E-state index in [-0.39, 0.29) is 5.91 Å². The lowest BCUT2D eigenvalue weighted by Crippen LogP contribution is -2.34. The van der Waals surface area contributed by atoms with Crippen molar-refractivity contribution in [3.63, 3.8) is 0 Å². The Morgan fingerprint density at radius 2 is 1.75 bits per heavy atom. The molecule has 0 unspecified atom stereocenters. The number of hydrogen-bond donors (Lipinski definition) is 0. The molecular formula is C23H31N3OS. The van der Waals surface area contributed by atoms with Gasteiger partial charge in [-0.1, -0.05) is 57.9 Å². The minimum Gasteiger partial charge on any atom is -0.342 e. The van der Waals surface area contributed by atoms with E-state index in [0.29, 0.717) is 6.42 Å². The van der Waals surface area contributed by atoms with Crippen LogP contribution in [0, 0.1) is 0 Å². The lowest BCUT2D eigenvalue weighted by Gasteiger charge is -2.22. The second-order valence-electron chi connectivity index (χ2n) is 7.32. The van der Waals surface area contributed by atoms with Crippen molar-refractivity contribution in [2.75, 3.05) is 13.1 Å². The third-order valence-corrected chi connectivity index (χ3v) is 6.08. The summed E-state index contributed by atoms with van der Waals surface area (Å²) in [7, 11) is 0. The van der Waals surface area contributed by atoms with Crippen molar-refractivity contribution in [3.05, 3.63) is 47.1 Å². The molecule has 0 aliphatic carbocycles. The molecule has 3 rings (SSSR count). The van der Waals surface area contributed by atoms with E-state index in [4.69, 9.17) is 4.98 Å². The molecule has 0 aliphatic rings. The molecule has 1 aromatic carbocycles. The molecule has 0 fully saturated rings. The van der Waals surface area contributed by atoms with E-state index in [1.165, 1.54) is 5.56 Å². The first-order valence-electron chi connectivity index (χ1n) is 10.5. The predicted octanol–water partition coefficient (Wildman–Crippen LogP) is 5.60. The van der Waals surface area contributed by atoms with Crippen molar-refractivity contribution in [1.29, 1.82) is 0 Å². The predicted molar refractivity (Wildman–Crippen MR) is 118 cm³/mol. The Morgan fingerprint density at radius 3 is 2.36 bits per heavy atom. The summed E-state index contributed by atoms with van der Waals surface area (Å²) in [5, 5.41) is 2.07. The van der Waals surface area contributed by atoms with Crippen LogP contribution in [-0.4, -0.2) is 33.3 Å². The van der Waals surface area contributed by atoms with Gasteiger partial charge < -0.3 is 4.90 Å². The minimum absolute atomic E-state index is 0.226. The zero-order valence-corrected chi connectivity index (χ0v) is 18.1. The van der Waals surface area contributed by atoms with E-state index < -0.39 is 0 Å². The first kappa shape index (κ1) is 20.6. The Balaban J connectivity index is 1.77. The number of amides is 1. The monoisotopic (exact) mass is 397 g/mol. The van der Waals surface area contributed by atoms with E-state index in [2.05, 4.69) is 61.0 Å². The lowest BCUT2D eigenvalue weighted by atomic mass is 10.1. The SMILES string of the molecule is CCCCN(CCCC)C(=O)Cc1csc2nc(-c3ccc(CC)cc3)cn12. The van der Waals surface area contributed by atoms with Gasteiger partial charge in [-0.15, -0.1) is 11.3 Å². The molecule has 3 aromatic rings. The summed E-state index contributed by atoms with van der Waals surface area (Å²) >= 11 is 1.61. The van der Waals surface area contributed by atoms with Crippen LogP contribution in [0.5, 0.6) is 0 Å². The van der Waals surface area contributed by atoms with Crippen molar-refractivity contribution in [3.8, 4) is 11.3 Å². The number of aromatic nitrogens is 2. The highest BCUT2D eigenvalue weighted by Crippen LogP contribution is 2.24. The Kier molecular flexibility index (Phi) is 7.26. The number of fused-ring (bicyclic) bond motifs is 1. The highest BCUT2D eigenvalue weighted by Gasteiger charge is 2.17. The first-order chi connectivity index (χ1) is 13.7. The normalized spacial score (nSPS) is 11.2. The standard InChI is InChI=1S/C23H31N3OS/c1-4-7-13-25(14-8-5-2)22(27)15-20-17-28-23-24-21(16-26(20)23)19-11-9-18(6-3)10-12-19/h9-12,16-17H,4-8,13-15H2,1-3H3. The average Bonchev–Trinajstić information content (AvgIpc) is 3.30. The topological polar surface area (TPSA) is 37.6 Å². The van der Waals surface area contributed by atoms with E-state index in [0.717, 1.165) is 67.1 Å². The summed E-state index contributed by atoms with van der Waals surface area (Å²) in [6.45, 7) is 8.23. The summed E-state index contributed by atoms with van der Waals surface area (Å²) in [6.07, 6.45) is 7.91. The van der Waals surface area contributed by atoms with Crippen LogP contribution in [0.15, 0.2) is 35.8 Å². The number of rotatable bonds is 10. The molecule has 0 radical (unpaired) electrons. The molecule has 2 heterocycles. The highest BCUT2D eigenvalue weighted by molar-refractivity contribution is 7.15. The summed E-state index contributed by atoms with van der Waals surface area (Å²) < 4.78 is 2.09. The maximum absolute atomic E-state index is 12.9. The summed E-state index contributed by atoms with van der Waals surface area (Å²) in [4.78, 5) is 20.7. The number of unbranched alkanes of at least 4 members (excludes halogenated alkanes) is 2. The Labute approximate surface area is 172 Å². The van der Waals surface area contributed by atoms with Crippen LogP contribution in [0.1, 0.15) is 57.7 Å². The summed E-state index contributed by atoms with van der Waals surface area (Å²) in [5.74, 6) is 0.226. The van der Waals surface area contributed by atoms with Gasteiger partial charge in [0.25, 0.3) is 0 Å². The largest absolute Gasteiger partial charge is 0.342 e. The van der Waals surface area contributed by atoms with Crippen molar-refractivity contribution >= 4 is 22.2 Å². The molecule has 0 saturated heterocycles. The van der Waals surface area contributed by atoms with Gasteiger partial charge in [0.1, 0.15) is 0 Å². The van der Waals surface area contributed by atoms with Crippen LogP contribution < -0.4 is 0 Å². The van der Waals surface area contributed by atoms with Gasteiger partial charge in [-0.3, -0.25) is 9.20 Å². The fraction of sp³-hybridized carbons (Fsp3) is 0.478. The Hall–Kier alpha value is -2.14. The first-order valence-corrected chi connectivity index (χ1v) is 11.4. The number of aryl methyl sites for hydroxylation is 1. The van der Waals surface area contributed by atoms with Crippen molar-refractivity contribution in [1.82, 2.24) is 14.3 Å². The number of imidazole rings is 1. The molecule has 28 heavy (non-hydrogen) atoms. The van der Waals surface area contributed by atoms with Crippen LogP contribution in [0.4, 0.5) is 0 Å². The van der Waals surface area contributed by atoms with Crippen LogP contribution in [-0.2, 0) is 17.6 Å². The zero-order chi connectivity index (χ0) is 19.9. The van der Waals surface area contributed by atoms with Crippen molar-refractivity contribution in [2.45, 2.75) is 59.3 Å². The van der Waals surface area contributed by atoms with Gasteiger partial charge in [-0.25, -0.2) is 4.98 Å². The molecule has 0 bridgehead atoms. The molecule has 0 aliphatic heterocycles. The molecule has 1 amide bonds. The number of hydrogen-bond acceptors (Lipinski definition) is 3. The molecule has 5 heteroatoms. The van der Waals surface area contributed by atoms with Crippen LogP contribution >= 0.6 is 11.3 Å². The molecule has 4 nitrogen and oxygen atoms in total. The minimum atomic E-state index is 0.226. The third kappa shape index (κ3) is 4.82. The van der Waals surface area contributed by atoms with Gasteiger partial charge in [0.05, 0.1) is 12.1 Å². The second kappa shape index (κ2) is 9.87. The molecule has 0 atom stereocenters. The van der Waals surface area contributed by atoms with E-state index in [1.807, 2.05) is 4.90 Å². The maximum Gasteiger partial charge on any atom is 0.228 e.